The van der Waals surface area contributed by atoms with Gasteiger partial charge in [-0.1, -0.05) is 5.21 Å². The van der Waals surface area contributed by atoms with Gasteiger partial charge in [0.05, 0.1) is 5.69 Å². The number of rotatable bonds is 4. The molecular weight excluding hydrogens is 184 g/mol. The van der Waals surface area contributed by atoms with Gasteiger partial charge in [0, 0.05) is 33.3 Å². The summed E-state index contributed by atoms with van der Waals surface area (Å²) in [6, 6.07) is 0. The number of carbonyl (C=O) groups excluding carboxylic acids is 1. The van der Waals surface area contributed by atoms with Gasteiger partial charge >= 0.3 is 0 Å². The number of likely N-dealkylation sites (N-methyl/N-ethyl adjacent to an activating group) is 1. The number of nitrogens with zero attached hydrogens (tertiary/aromatic N) is 4. The molecule has 6 nitrogen and oxygen atoms in total. The first kappa shape index (κ1) is 10.6. The van der Waals surface area contributed by atoms with Crippen LogP contribution in [0.25, 0.3) is 0 Å². The van der Waals surface area contributed by atoms with Crippen LogP contribution in [0.3, 0.4) is 0 Å². The zero-order valence-electron chi connectivity index (χ0n) is 8.34. The highest BCUT2D eigenvalue weighted by Gasteiger charge is 2.06. The van der Waals surface area contributed by atoms with Crippen molar-refractivity contribution in [1.29, 1.82) is 0 Å². The Labute approximate surface area is 82.1 Å². The number of aliphatic hydroxyl groups is 1. The number of carbonyl (C=O) groups is 1. The molecule has 1 aromatic heterocycles. The second kappa shape index (κ2) is 4.71. The van der Waals surface area contributed by atoms with E-state index in [1.165, 1.54) is 9.58 Å². The highest BCUT2D eigenvalue weighted by atomic mass is 16.3. The highest BCUT2D eigenvalue weighted by molar-refractivity contribution is 5.75. The first-order valence-corrected chi connectivity index (χ1v) is 4.33. The van der Waals surface area contributed by atoms with E-state index in [0.717, 1.165) is 0 Å². The topological polar surface area (TPSA) is 71.2 Å². The summed E-state index contributed by atoms with van der Waals surface area (Å²) >= 11 is 0. The average molecular weight is 198 g/mol. The van der Waals surface area contributed by atoms with Crippen LogP contribution in [-0.4, -0.2) is 51.6 Å². The minimum absolute atomic E-state index is 0.0366. The van der Waals surface area contributed by atoms with Crippen molar-refractivity contribution in [2.24, 2.45) is 0 Å². The Morgan fingerprint density at radius 2 is 2.36 bits per heavy atom. The molecule has 0 aliphatic rings. The van der Waals surface area contributed by atoms with Crippen molar-refractivity contribution in [3.8, 4) is 0 Å². The average Bonchev–Trinajstić information content (AvgIpc) is 2.53. The lowest BCUT2D eigenvalue weighted by atomic mass is 10.3. The molecule has 6 heteroatoms. The Balaban J connectivity index is 2.55. The molecule has 0 radical (unpaired) electrons. The van der Waals surface area contributed by atoms with E-state index >= 15 is 0 Å². The summed E-state index contributed by atoms with van der Waals surface area (Å²) in [5, 5.41) is 16.2. The van der Waals surface area contributed by atoms with Crippen LogP contribution in [0.1, 0.15) is 5.69 Å². The van der Waals surface area contributed by atoms with Crippen LogP contribution < -0.4 is 0 Å². The van der Waals surface area contributed by atoms with Gasteiger partial charge in [-0.05, 0) is 0 Å². The maximum atomic E-state index is 11.3. The molecule has 78 valence electrons. The number of aromatic nitrogens is 3. The molecule has 0 spiro atoms. The predicted molar refractivity (Wildman–Crippen MR) is 49.5 cm³/mol. The molecule has 1 heterocycles. The van der Waals surface area contributed by atoms with E-state index in [1.54, 1.807) is 20.3 Å². The third kappa shape index (κ3) is 2.81. The molecule has 0 saturated heterocycles. The minimum Gasteiger partial charge on any atom is -0.396 e. The van der Waals surface area contributed by atoms with Crippen LogP contribution in [0.2, 0.25) is 0 Å². The van der Waals surface area contributed by atoms with E-state index in [9.17, 15) is 4.79 Å². The summed E-state index contributed by atoms with van der Waals surface area (Å²) in [5.74, 6) is -0.0366. The fourth-order valence-corrected chi connectivity index (χ4v) is 0.925. The SMILES string of the molecule is CN(C)C(=O)Cn1cc(CCO)nn1. The first-order valence-electron chi connectivity index (χ1n) is 4.33. The third-order valence-corrected chi connectivity index (χ3v) is 1.75. The van der Waals surface area contributed by atoms with Crippen molar-refractivity contribution in [3.05, 3.63) is 11.9 Å². The van der Waals surface area contributed by atoms with Crippen molar-refractivity contribution >= 4 is 5.91 Å². The lowest BCUT2D eigenvalue weighted by Gasteiger charge is -2.08. The van der Waals surface area contributed by atoms with Crippen molar-refractivity contribution < 1.29 is 9.90 Å². The third-order valence-electron chi connectivity index (χ3n) is 1.75. The lowest BCUT2D eigenvalue weighted by Crippen LogP contribution is -2.26. The summed E-state index contributed by atoms with van der Waals surface area (Å²) in [6.07, 6.45) is 2.13. The Morgan fingerprint density at radius 3 is 2.93 bits per heavy atom. The second-order valence-electron chi connectivity index (χ2n) is 3.17. The smallest absolute Gasteiger partial charge is 0.243 e. The molecule has 1 aromatic rings. The van der Waals surface area contributed by atoms with Gasteiger partial charge in [0.25, 0.3) is 0 Å². The Morgan fingerprint density at radius 1 is 1.64 bits per heavy atom. The van der Waals surface area contributed by atoms with E-state index in [2.05, 4.69) is 10.3 Å². The summed E-state index contributed by atoms with van der Waals surface area (Å²) in [4.78, 5) is 12.8. The molecule has 14 heavy (non-hydrogen) atoms. The molecule has 0 aliphatic carbocycles. The molecule has 0 unspecified atom stereocenters. The molecular formula is C8H14N4O2. The summed E-state index contributed by atoms with van der Waals surface area (Å²) in [5.41, 5.74) is 0.694. The van der Waals surface area contributed by atoms with E-state index in [1.807, 2.05) is 0 Å². The molecule has 0 atom stereocenters. The van der Waals surface area contributed by atoms with Crippen molar-refractivity contribution in [1.82, 2.24) is 19.9 Å². The van der Waals surface area contributed by atoms with Gasteiger partial charge in [0.2, 0.25) is 5.91 Å². The molecule has 1 rings (SSSR count). The van der Waals surface area contributed by atoms with Crippen molar-refractivity contribution in [3.63, 3.8) is 0 Å². The van der Waals surface area contributed by atoms with E-state index in [0.29, 0.717) is 12.1 Å². The Kier molecular flexibility index (Phi) is 3.58. The van der Waals surface area contributed by atoms with Gasteiger partial charge in [-0.25, -0.2) is 4.68 Å². The molecule has 1 N–H and O–H groups in total. The van der Waals surface area contributed by atoms with Gasteiger partial charge < -0.3 is 10.0 Å². The molecule has 0 aromatic carbocycles. The molecule has 0 aliphatic heterocycles. The van der Waals surface area contributed by atoms with Crippen LogP contribution in [-0.2, 0) is 17.8 Å². The molecule has 1 amide bonds. The minimum atomic E-state index is -0.0366. The fraction of sp³-hybridized carbons (Fsp3) is 0.625. The standard InChI is InChI=1S/C8H14N4O2/c1-11(2)8(14)6-12-5-7(3-4-13)9-10-12/h5,13H,3-4,6H2,1-2H3. The monoisotopic (exact) mass is 198 g/mol. The van der Waals surface area contributed by atoms with Crippen LogP contribution in [0.4, 0.5) is 0 Å². The Bertz CT molecular complexity index is 308. The lowest BCUT2D eigenvalue weighted by molar-refractivity contribution is -0.129. The summed E-state index contributed by atoms with van der Waals surface area (Å²) in [6.45, 7) is 0.228. The normalized spacial score (nSPS) is 10.2. The van der Waals surface area contributed by atoms with Crippen LogP contribution in [0.5, 0.6) is 0 Å². The Hall–Kier alpha value is -1.43. The number of hydrogen-bond donors (Lipinski definition) is 1. The summed E-state index contributed by atoms with van der Waals surface area (Å²) in [7, 11) is 3.38. The second-order valence-corrected chi connectivity index (χ2v) is 3.17. The van der Waals surface area contributed by atoms with E-state index in [-0.39, 0.29) is 19.1 Å². The largest absolute Gasteiger partial charge is 0.396 e. The van der Waals surface area contributed by atoms with E-state index < -0.39 is 0 Å². The molecule has 0 saturated carbocycles. The molecule has 0 fully saturated rings. The van der Waals surface area contributed by atoms with Crippen LogP contribution >= 0.6 is 0 Å². The van der Waals surface area contributed by atoms with Gasteiger partial charge in [-0.15, -0.1) is 5.10 Å². The van der Waals surface area contributed by atoms with Gasteiger partial charge in [0.1, 0.15) is 6.54 Å². The van der Waals surface area contributed by atoms with Crippen LogP contribution in [0.15, 0.2) is 6.20 Å². The van der Waals surface area contributed by atoms with E-state index in [4.69, 9.17) is 5.11 Å². The number of aliphatic hydroxyl groups excluding tert-OH is 1. The zero-order chi connectivity index (χ0) is 10.6. The maximum Gasteiger partial charge on any atom is 0.243 e. The quantitative estimate of drug-likeness (QED) is 0.666. The first-order chi connectivity index (χ1) is 6.63. The highest BCUT2D eigenvalue weighted by Crippen LogP contribution is 1.94. The van der Waals surface area contributed by atoms with Gasteiger partial charge in [-0.3, -0.25) is 4.79 Å². The van der Waals surface area contributed by atoms with Crippen molar-refractivity contribution in [2.75, 3.05) is 20.7 Å². The van der Waals surface area contributed by atoms with Crippen molar-refractivity contribution in [2.45, 2.75) is 13.0 Å². The van der Waals surface area contributed by atoms with Gasteiger partial charge in [0.15, 0.2) is 0 Å². The maximum absolute atomic E-state index is 11.3. The number of hydrogen-bond acceptors (Lipinski definition) is 4. The van der Waals surface area contributed by atoms with Crippen LogP contribution in [0, 0.1) is 0 Å². The number of amides is 1. The zero-order valence-corrected chi connectivity index (χ0v) is 8.34. The van der Waals surface area contributed by atoms with Gasteiger partial charge in [-0.2, -0.15) is 0 Å². The molecule has 0 bridgehead atoms. The fourth-order valence-electron chi connectivity index (χ4n) is 0.925. The summed E-state index contributed by atoms with van der Waals surface area (Å²) < 4.78 is 1.47. The predicted octanol–water partition coefficient (Wildman–Crippen LogP) is -1.10.